The number of hydrogen-bond donors (Lipinski definition) is 2. The van der Waals surface area contributed by atoms with Crippen LogP contribution in [0.5, 0.6) is 5.75 Å². The van der Waals surface area contributed by atoms with Gasteiger partial charge in [-0.2, -0.15) is 0 Å². The molecule has 4 aromatic rings. The summed E-state index contributed by atoms with van der Waals surface area (Å²) in [4.78, 5) is 22.8. The fraction of sp³-hybridized carbons (Fsp3) is 0.346. The van der Waals surface area contributed by atoms with E-state index in [0.29, 0.717) is 42.1 Å². The lowest BCUT2D eigenvalue weighted by molar-refractivity contribution is 0.0956. The molecule has 0 bridgehead atoms. The van der Waals surface area contributed by atoms with E-state index < -0.39 is 0 Å². The van der Waals surface area contributed by atoms with Gasteiger partial charge in [-0.25, -0.2) is 9.97 Å². The third-order valence-corrected chi connectivity index (χ3v) is 5.91. The monoisotopic (exact) mass is 445 g/mol. The van der Waals surface area contributed by atoms with E-state index in [9.17, 15) is 4.79 Å². The first kappa shape index (κ1) is 22.6. The molecule has 0 aliphatic heterocycles. The van der Waals surface area contributed by atoms with Gasteiger partial charge in [0.15, 0.2) is 5.65 Å². The van der Waals surface area contributed by atoms with Crippen molar-refractivity contribution in [2.75, 3.05) is 19.4 Å². The number of aromatic nitrogens is 3. The Morgan fingerprint density at radius 1 is 1.03 bits per heavy atom. The Morgan fingerprint density at radius 3 is 2.45 bits per heavy atom. The molecule has 172 valence electrons. The third-order valence-electron chi connectivity index (χ3n) is 5.91. The number of nitrogens with two attached hydrogens (primary N) is 1. The van der Waals surface area contributed by atoms with Crippen LogP contribution in [0.3, 0.4) is 0 Å². The number of nitrogen functional groups attached to an aromatic ring is 1. The molecule has 2 aromatic heterocycles. The molecule has 2 aromatic carbocycles. The number of rotatable bonds is 10. The number of nitrogens with one attached hydrogen (secondary N) is 1. The first-order chi connectivity index (χ1) is 16.1. The molecule has 0 saturated carbocycles. The molecule has 0 unspecified atom stereocenters. The van der Waals surface area contributed by atoms with E-state index in [4.69, 9.17) is 20.4 Å². The zero-order valence-corrected chi connectivity index (χ0v) is 19.3. The SMILES string of the molecule is CCCCCCn1c(N)c(C(=O)NCCc2ccc(OC)cc2)c2nc3ccccc3nc21. The largest absolute Gasteiger partial charge is 0.497 e. The normalized spacial score (nSPS) is 11.2. The second-order valence-electron chi connectivity index (χ2n) is 8.21. The number of ether oxygens (including phenoxy) is 1. The highest BCUT2D eigenvalue weighted by Gasteiger charge is 2.23. The molecule has 0 aliphatic carbocycles. The molecule has 7 heteroatoms. The number of benzene rings is 2. The number of nitrogens with zero attached hydrogens (tertiary/aromatic N) is 3. The van der Waals surface area contributed by atoms with Gasteiger partial charge < -0.3 is 20.4 Å². The van der Waals surface area contributed by atoms with Crippen LogP contribution in [0.2, 0.25) is 0 Å². The lowest BCUT2D eigenvalue weighted by atomic mass is 10.1. The van der Waals surface area contributed by atoms with Gasteiger partial charge in [0.25, 0.3) is 5.91 Å². The lowest BCUT2D eigenvalue weighted by Gasteiger charge is -2.08. The van der Waals surface area contributed by atoms with Crippen molar-refractivity contribution in [3.8, 4) is 5.75 Å². The highest BCUT2D eigenvalue weighted by atomic mass is 16.5. The van der Waals surface area contributed by atoms with Gasteiger partial charge in [0.2, 0.25) is 0 Å². The molecule has 2 heterocycles. The fourth-order valence-electron chi connectivity index (χ4n) is 4.06. The van der Waals surface area contributed by atoms with Crippen molar-refractivity contribution in [1.29, 1.82) is 0 Å². The number of fused-ring (bicyclic) bond motifs is 2. The maximum absolute atomic E-state index is 13.2. The minimum Gasteiger partial charge on any atom is -0.497 e. The summed E-state index contributed by atoms with van der Waals surface area (Å²) in [6.07, 6.45) is 5.13. The first-order valence-electron chi connectivity index (χ1n) is 11.6. The maximum Gasteiger partial charge on any atom is 0.257 e. The number of methoxy groups -OCH3 is 1. The van der Waals surface area contributed by atoms with Crippen LogP contribution in [0.15, 0.2) is 48.5 Å². The summed E-state index contributed by atoms with van der Waals surface area (Å²) in [6, 6.07) is 15.5. The van der Waals surface area contributed by atoms with Crippen molar-refractivity contribution in [3.05, 3.63) is 59.7 Å². The van der Waals surface area contributed by atoms with Gasteiger partial charge in [0.05, 0.1) is 18.1 Å². The number of carbonyl (C=O) groups is 1. The van der Waals surface area contributed by atoms with Crippen LogP contribution in [0.25, 0.3) is 22.2 Å². The number of aryl methyl sites for hydroxylation is 1. The lowest BCUT2D eigenvalue weighted by Crippen LogP contribution is -2.26. The smallest absolute Gasteiger partial charge is 0.257 e. The summed E-state index contributed by atoms with van der Waals surface area (Å²) in [5.41, 5.74) is 10.8. The van der Waals surface area contributed by atoms with Crippen LogP contribution in [-0.4, -0.2) is 34.1 Å². The summed E-state index contributed by atoms with van der Waals surface area (Å²) in [6.45, 7) is 3.40. The van der Waals surface area contributed by atoms with Gasteiger partial charge in [-0.15, -0.1) is 0 Å². The average molecular weight is 446 g/mol. The summed E-state index contributed by atoms with van der Waals surface area (Å²) in [5.74, 6) is 1.02. The second kappa shape index (κ2) is 10.3. The predicted molar refractivity (Wildman–Crippen MR) is 133 cm³/mol. The summed E-state index contributed by atoms with van der Waals surface area (Å²) < 4.78 is 7.15. The molecule has 1 amide bonds. The predicted octanol–water partition coefficient (Wildman–Crippen LogP) is 4.73. The highest BCUT2D eigenvalue weighted by Crippen LogP contribution is 2.28. The molecular weight excluding hydrogens is 414 g/mol. The Kier molecular flexibility index (Phi) is 7.07. The van der Waals surface area contributed by atoms with E-state index in [0.717, 1.165) is 41.6 Å². The molecule has 33 heavy (non-hydrogen) atoms. The zero-order valence-electron chi connectivity index (χ0n) is 19.3. The molecule has 3 N–H and O–H groups in total. The van der Waals surface area contributed by atoms with E-state index in [1.165, 1.54) is 6.42 Å². The molecule has 7 nitrogen and oxygen atoms in total. The van der Waals surface area contributed by atoms with Crippen molar-refractivity contribution in [3.63, 3.8) is 0 Å². The van der Waals surface area contributed by atoms with Gasteiger partial charge in [0.1, 0.15) is 22.6 Å². The van der Waals surface area contributed by atoms with Crippen LogP contribution in [0, 0.1) is 0 Å². The van der Waals surface area contributed by atoms with E-state index in [2.05, 4.69) is 12.2 Å². The number of unbranched alkanes of at least 4 members (excludes halogenated alkanes) is 3. The average Bonchev–Trinajstić information content (AvgIpc) is 3.11. The van der Waals surface area contributed by atoms with E-state index in [1.807, 2.05) is 53.1 Å². The van der Waals surface area contributed by atoms with E-state index in [1.54, 1.807) is 7.11 Å². The molecule has 0 aliphatic rings. The van der Waals surface area contributed by atoms with Gasteiger partial charge in [-0.3, -0.25) is 4.79 Å². The van der Waals surface area contributed by atoms with E-state index in [-0.39, 0.29) is 5.91 Å². The minimum atomic E-state index is -0.220. The Bertz CT molecular complexity index is 1250. The molecule has 0 saturated heterocycles. The van der Waals surface area contributed by atoms with Gasteiger partial charge >= 0.3 is 0 Å². The Morgan fingerprint density at radius 2 is 1.76 bits per heavy atom. The van der Waals surface area contributed by atoms with Crippen molar-refractivity contribution < 1.29 is 9.53 Å². The maximum atomic E-state index is 13.2. The molecule has 0 fully saturated rings. The molecule has 4 rings (SSSR count). The van der Waals surface area contributed by atoms with Crippen LogP contribution in [0.1, 0.15) is 48.5 Å². The number of amides is 1. The first-order valence-corrected chi connectivity index (χ1v) is 11.6. The fourth-order valence-corrected chi connectivity index (χ4v) is 4.06. The van der Waals surface area contributed by atoms with Gasteiger partial charge in [-0.05, 0) is 42.7 Å². The van der Waals surface area contributed by atoms with Gasteiger partial charge in [-0.1, -0.05) is 50.5 Å². The number of para-hydroxylation sites is 2. The highest BCUT2D eigenvalue weighted by molar-refractivity contribution is 6.10. The number of hydrogen-bond acceptors (Lipinski definition) is 5. The Balaban J connectivity index is 1.59. The van der Waals surface area contributed by atoms with Crippen LogP contribution in [0.4, 0.5) is 5.82 Å². The molecule has 0 spiro atoms. The summed E-state index contributed by atoms with van der Waals surface area (Å²) in [7, 11) is 1.64. The van der Waals surface area contributed by atoms with Crippen molar-refractivity contribution in [2.45, 2.75) is 45.6 Å². The standard InChI is InChI=1S/C26H31N5O2/c1-3-4-5-8-17-31-24(27)22(23-25(31)30-21-10-7-6-9-20(21)29-23)26(32)28-16-15-18-11-13-19(33-2)14-12-18/h6-7,9-14H,3-5,8,15-17,27H2,1-2H3,(H,28,32). The summed E-state index contributed by atoms with van der Waals surface area (Å²) in [5, 5.41) is 3.02. The molecular formula is C26H31N5O2. The van der Waals surface area contributed by atoms with Crippen molar-refractivity contribution in [1.82, 2.24) is 19.9 Å². The zero-order chi connectivity index (χ0) is 23.2. The molecule has 0 atom stereocenters. The Labute approximate surface area is 194 Å². The number of anilines is 1. The van der Waals surface area contributed by atoms with E-state index >= 15 is 0 Å². The van der Waals surface area contributed by atoms with Crippen LogP contribution >= 0.6 is 0 Å². The van der Waals surface area contributed by atoms with Crippen LogP contribution < -0.4 is 15.8 Å². The van der Waals surface area contributed by atoms with Crippen LogP contribution in [-0.2, 0) is 13.0 Å². The quantitative estimate of drug-likeness (QED) is 0.344. The third kappa shape index (κ3) is 4.92. The summed E-state index contributed by atoms with van der Waals surface area (Å²) >= 11 is 0. The Hall–Kier alpha value is -3.61. The van der Waals surface area contributed by atoms with Crippen molar-refractivity contribution in [2.24, 2.45) is 0 Å². The van der Waals surface area contributed by atoms with Crippen molar-refractivity contribution >= 4 is 33.9 Å². The number of carbonyl (C=O) groups excluding carboxylic acids is 1. The second-order valence-corrected chi connectivity index (χ2v) is 8.21. The van der Waals surface area contributed by atoms with Gasteiger partial charge in [0, 0.05) is 13.1 Å². The molecule has 0 radical (unpaired) electrons. The minimum absolute atomic E-state index is 0.220. The topological polar surface area (TPSA) is 95.1 Å².